The van der Waals surface area contributed by atoms with Crippen molar-refractivity contribution in [1.29, 1.82) is 0 Å². The van der Waals surface area contributed by atoms with Crippen LogP contribution in [0.3, 0.4) is 0 Å². The van der Waals surface area contributed by atoms with E-state index in [2.05, 4.69) is 17.1 Å². The van der Waals surface area contributed by atoms with Gasteiger partial charge in [0.15, 0.2) is 0 Å². The minimum Gasteiger partial charge on any atom is -0.494 e. The van der Waals surface area contributed by atoms with Gasteiger partial charge in [0.1, 0.15) is 0 Å². The average Bonchev–Trinajstić information content (AvgIpc) is 3.05. The molecule has 2 unspecified atom stereocenters. The number of aromatic nitrogens is 2. The van der Waals surface area contributed by atoms with Gasteiger partial charge in [0.05, 0.1) is 11.9 Å². The second-order valence-corrected chi connectivity index (χ2v) is 4.85. The molecule has 4 nitrogen and oxygen atoms in total. The van der Waals surface area contributed by atoms with E-state index >= 15 is 0 Å². The maximum atomic E-state index is 10.3. The van der Waals surface area contributed by atoms with Crippen molar-refractivity contribution >= 4 is 0 Å². The highest BCUT2D eigenvalue weighted by Gasteiger charge is 2.41. The van der Waals surface area contributed by atoms with Gasteiger partial charge in [0.2, 0.25) is 11.8 Å². The maximum absolute atomic E-state index is 10.3. The van der Waals surface area contributed by atoms with Crippen molar-refractivity contribution < 1.29 is 10.2 Å². The summed E-state index contributed by atoms with van der Waals surface area (Å²) in [6.45, 7) is 0. The van der Waals surface area contributed by atoms with E-state index in [0.717, 1.165) is 17.5 Å². The highest BCUT2D eigenvalue weighted by atomic mass is 16.3. The van der Waals surface area contributed by atoms with Crippen molar-refractivity contribution in [3.8, 4) is 17.4 Å². The zero-order chi connectivity index (χ0) is 12.3. The van der Waals surface area contributed by atoms with Crippen molar-refractivity contribution in [3.63, 3.8) is 0 Å². The summed E-state index contributed by atoms with van der Waals surface area (Å²) < 4.78 is 1.48. The Morgan fingerprint density at radius 1 is 1.11 bits per heavy atom. The summed E-state index contributed by atoms with van der Waals surface area (Å²) in [6, 6.07) is 3.60. The predicted octanol–water partition coefficient (Wildman–Crippen LogP) is 2.42. The summed E-state index contributed by atoms with van der Waals surface area (Å²) in [5.74, 6) is 0.780. The third kappa shape index (κ3) is 1.03. The van der Waals surface area contributed by atoms with Crippen molar-refractivity contribution in [3.05, 3.63) is 47.8 Å². The number of rotatable bonds is 1. The molecular formula is C14H12N2O2. The van der Waals surface area contributed by atoms with E-state index < -0.39 is 0 Å². The first kappa shape index (κ1) is 9.76. The predicted molar refractivity (Wildman–Crippen MR) is 66.1 cm³/mol. The number of hydrogen-bond donors (Lipinski definition) is 2. The van der Waals surface area contributed by atoms with Gasteiger partial charge in [-0.25, -0.2) is 4.57 Å². The zero-order valence-electron chi connectivity index (χ0n) is 9.61. The minimum atomic E-state index is 0.146. The molecule has 18 heavy (non-hydrogen) atoms. The molecule has 2 heterocycles. The maximum Gasteiger partial charge on any atom is 0.202 e. The first-order chi connectivity index (χ1) is 8.77. The number of pyridine rings is 1. The fourth-order valence-corrected chi connectivity index (χ4v) is 3.17. The van der Waals surface area contributed by atoms with E-state index in [1.54, 1.807) is 18.5 Å². The Kier molecular flexibility index (Phi) is 1.71. The Morgan fingerprint density at radius 3 is 2.33 bits per heavy atom. The second kappa shape index (κ2) is 3.16. The quantitative estimate of drug-likeness (QED) is 0.752. The largest absolute Gasteiger partial charge is 0.494 e. The monoisotopic (exact) mass is 240 g/mol. The van der Waals surface area contributed by atoms with Crippen LogP contribution < -0.4 is 0 Å². The van der Waals surface area contributed by atoms with Gasteiger partial charge >= 0.3 is 0 Å². The lowest BCUT2D eigenvalue weighted by molar-refractivity contribution is 0.395. The first-order valence-electron chi connectivity index (χ1n) is 6.02. The van der Waals surface area contributed by atoms with Crippen molar-refractivity contribution in [2.75, 3.05) is 0 Å². The molecule has 90 valence electrons. The molecule has 0 spiro atoms. The zero-order valence-corrected chi connectivity index (χ0v) is 9.61. The van der Waals surface area contributed by atoms with Crippen LogP contribution in [0.4, 0.5) is 0 Å². The van der Waals surface area contributed by atoms with E-state index in [1.807, 2.05) is 6.07 Å². The first-order valence-corrected chi connectivity index (χ1v) is 6.02. The van der Waals surface area contributed by atoms with E-state index in [9.17, 15) is 10.2 Å². The lowest BCUT2D eigenvalue weighted by Crippen LogP contribution is -1.95. The van der Waals surface area contributed by atoms with Crippen LogP contribution in [0.2, 0.25) is 0 Å². The molecule has 2 aliphatic rings. The minimum absolute atomic E-state index is 0.146. The van der Waals surface area contributed by atoms with Gasteiger partial charge in [-0.2, -0.15) is 0 Å². The molecule has 2 aromatic heterocycles. The molecule has 0 aromatic carbocycles. The molecule has 0 fully saturated rings. The third-order valence-corrected chi connectivity index (χ3v) is 3.92. The summed E-state index contributed by atoms with van der Waals surface area (Å²) in [7, 11) is 0. The van der Waals surface area contributed by atoms with Crippen LogP contribution in [0.15, 0.2) is 36.7 Å². The molecule has 0 saturated carbocycles. The smallest absolute Gasteiger partial charge is 0.202 e. The van der Waals surface area contributed by atoms with Gasteiger partial charge in [0.25, 0.3) is 0 Å². The molecule has 2 bridgehead atoms. The Bertz CT molecular complexity index is 623. The normalized spacial score (nSPS) is 23.6. The number of aromatic hydroxyl groups is 2. The molecule has 0 saturated heterocycles. The fraction of sp³-hybridized carbons (Fsp3) is 0.214. The van der Waals surface area contributed by atoms with Gasteiger partial charge in [-0.1, -0.05) is 12.2 Å². The van der Waals surface area contributed by atoms with Crippen LogP contribution in [0.1, 0.15) is 29.4 Å². The molecule has 2 N–H and O–H groups in total. The van der Waals surface area contributed by atoms with Gasteiger partial charge in [0, 0.05) is 29.2 Å². The van der Waals surface area contributed by atoms with Crippen molar-refractivity contribution in [2.45, 2.75) is 18.3 Å². The Morgan fingerprint density at radius 2 is 1.78 bits per heavy atom. The molecule has 0 amide bonds. The average molecular weight is 240 g/mol. The number of fused-ring (bicyclic) bond motifs is 5. The number of allylic oxidation sites excluding steroid dienone is 2. The molecular weight excluding hydrogens is 228 g/mol. The van der Waals surface area contributed by atoms with Crippen LogP contribution in [0.5, 0.6) is 11.8 Å². The van der Waals surface area contributed by atoms with Gasteiger partial charge in [-0.3, -0.25) is 4.98 Å². The molecule has 2 aliphatic carbocycles. The number of nitrogens with zero attached hydrogens (tertiary/aromatic N) is 2. The fourth-order valence-electron chi connectivity index (χ4n) is 3.17. The van der Waals surface area contributed by atoms with E-state index in [4.69, 9.17) is 0 Å². The summed E-state index contributed by atoms with van der Waals surface area (Å²) in [5.41, 5.74) is 2.44. The van der Waals surface area contributed by atoms with E-state index in [1.165, 1.54) is 4.57 Å². The second-order valence-electron chi connectivity index (χ2n) is 4.85. The van der Waals surface area contributed by atoms with E-state index in [0.29, 0.717) is 5.69 Å². The molecule has 2 atom stereocenters. The van der Waals surface area contributed by atoms with Crippen LogP contribution in [-0.2, 0) is 0 Å². The Hall–Kier alpha value is -2.23. The summed E-state index contributed by atoms with van der Waals surface area (Å²) in [5, 5.41) is 20.7. The highest BCUT2D eigenvalue weighted by molar-refractivity contribution is 5.61. The lowest BCUT2D eigenvalue weighted by Gasteiger charge is -2.08. The summed E-state index contributed by atoms with van der Waals surface area (Å²) in [4.78, 5) is 4.02. The lowest BCUT2D eigenvalue weighted by atomic mass is 10.0. The summed E-state index contributed by atoms with van der Waals surface area (Å²) in [6.07, 6.45) is 8.49. The third-order valence-electron chi connectivity index (χ3n) is 3.92. The topological polar surface area (TPSA) is 58.3 Å². The van der Waals surface area contributed by atoms with Crippen LogP contribution in [0, 0.1) is 0 Å². The molecule has 0 radical (unpaired) electrons. The van der Waals surface area contributed by atoms with Gasteiger partial charge in [-0.05, 0) is 18.6 Å². The Labute approximate surface area is 104 Å². The van der Waals surface area contributed by atoms with Gasteiger partial charge in [-0.15, -0.1) is 0 Å². The molecule has 4 rings (SSSR count). The van der Waals surface area contributed by atoms with Gasteiger partial charge < -0.3 is 10.2 Å². The standard InChI is InChI=1S/C14H12N2O2/c17-13-11-8-3-4-9(6-8)12(11)14(18)16(13)10-2-1-5-15-7-10/h1-5,7-9,17-18H,6H2. The SMILES string of the molecule is Oc1c2c(c(O)n1-c1cccnc1)C1C=CC2C1. The van der Waals surface area contributed by atoms with E-state index in [-0.39, 0.29) is 23.6 Å². The molecule has 0 aliphatic heterocycles. The van der Waals surface area contributed by atoms with Crippen LogP contribution in [0.25, 0.3) is 5.69 Å². The molecule has 2 aromatic rings. The molecule has 4 heteroatoms. The van der Waals surface area contributed by atoms with Crippen LogP contribution >= 0.6 is 0 Å². The summed E-state index contributed by atoms with van der Waals surface area (Å²) >= 11 is 0. The van der Waals surface area contributed by atoms with Crippen LogP contribution in [-0.4, -0.2) is 19.8 Å². The van der Waals surface area contributed by atoms with Crippen molar-refractivity contribution in [2.24, 2.45) is 0 Å². The van der Waals surface area contributed by atoms with Crippen molar-refractivity contribution in [1.82, 2.24) is 9.55 Å². The number of hydrogen-bond acceptors (Lipinski definition) is 3. The Balaban J connectivity index is 1.98. The highest BCUT2D eigenvalue weighted by Crippen LogP contribution is 2.56.